The minimum atomic E-state index is -4.46. The van der Waals surface area contributed by atoms with Crippen LogP contribution in [0.1, 0.15) is 38.5 Å². The van der Waals surface area contributed by atoms with E-state index in [0.717, 1.165) is 25.7 Å². The molecule has 0 amide bonds. The molecule has 102 valence electrons. The molecule has 0 radical (unpaired) electrons. The van der Waals surface area contributed by atoms with Crippen molar-refractivity contribution in [3.05, 3.63) is 11.6 Å². The highest BCUT2D eigenvalue weighted by molar-refractivity contribution is 6.01. The summed E-state index contributed by atoms with van der Waals surface area (Å²) in [4.78, 5) is 12.3. The maximum Gasteiger partial charge on any atom is 0.402 e. The van der Waals surface area contributed by atoms with Gasteiger partial charge in [-0.15, -0.1) is 0 Å². The molecule has 1 saturated heterocycles. The van der Waals surface area contributed by atoms with E-state index in [1.807, 2.05) is 0 Å². The standard InChI is InChI=1S/C13H18F3NO/c14-13(15,16)12(7-8-17-9-12)11(18)10-5-3-1-2-4-6-10/h5,17H,1-4,6-9H2. The number of nitrogens with one attached hydrogen (secondary N) is 1. The van der Waals surface area contributed by atoms with Crippen molar-refractivity contribution in [2.45, 2.75) is 44.7 Å². The number of rotatable bonds is 2. The van der Waals surface area contributed by atoms with Gasteiger partial charge in [0.25, 0.3) is 0 Å². The number of hydrogen-bond donors (Lipinski definition) is 1. The van der Waals surface area contributed by atoms with Crippen LogP contribution in [-0.4, -0.2) is 25.0 Å². The van der Waals surface area contributed by atoms with Crippen LogP contribution in [0.5, 0.6) is 0 Å². The lowest BCUT2D eigenvalue weighted by Gasteiger charge is -2.30. The normalized spacial score (nSPS) is 29.8. The number of alkyl halides is 3. The van der Waals surface area contributed by atoms with Gasteiger partial charge in [-0.2, -0.15) is 13.2 Å². The highest BCUT2D eigenvalue weighted by Crippen LogP contribution is 2.46. The first kappa shape index (κ1) is 13.6. The van der Waals surface area contributed by atoms with Gasteiger partial charge < -0.3 is 5.32 Å². The Morgan fingerprint density at radius 2 is 2.06 bits per heavy atom. The molecule has 1 fully saturated rings. The maximum atomic E-state index is 13.2. The Hall–Kier alpha value is -0.840. The van der Waals surface area contributed by atoms with Crippen molar-refractivity contribution in [3.8, 4) is 0 Å². The van der Waals surface area contributed by atoms with Crippen LogP contribution in [0.25, 0.3) is 0 Å². The molecule has 2 rings (SSSR count). The van der Waals surface area contributed by atoms with Crippen LogP contribution in [0.15, 0.2) is 11.6 Å². The molecule has 1 N–H and O–H groups in total. The van der Waals surface area contributed by atoms with E-state index in [0.29, 0.717) is 12.0 Å². The molecule has 0 spiro atoms. The first-order valence-corrected chi connectivity index (χ1v) is 6.49. The van der Waals surface area contributed by atoms with Gasteiger partial charge in [-0.25, -0.2) is 0 Å². The minimum Gasteiger partial charge on any atom is -0.315 e. The lowest BCUT2D eigenvalue weighted by atomic mass is 9.77. The molecule has 1 atom stereocenters. The van der Waals surface area contributed by atoms with Crippen molar-refractivity contribution in [2.24, 2.45) is 5.41 Å². The highest BCUT2D eigenvalue weighted by Gasteiger charge is 2.61. The molecule has 1 aliphatic heterocycles. The van der Waals surface area contributed by atoms with Crippen molar-refractivity contribution in [1.82, 2.24) is 5.32 Å². The zero-order valence-corrected chi connectivity index (χ0v) is 10.3. The van der Waals surface area contributed by atoms with Crippen LogP contribution in [0.2, 0.25) is 0 Å². The van der Waals surface area contributed by atoms with Gasteiger partial charge in [0.1, 0.15) is 5.41 Å². The topological polar surface area (TPSA) is 29.1 Å². The molecule has 0 aromatic heterocycles. The number of carbonyl (C=O) groups is 1. The van der Waals surface area contributed by atoms with Gasteiger partial charge in [0, 0.05) is 6.54 Å². The Morgan fingerprint density at radius 3 is 2.67 bits per heavy atom. The van der Waals surface area contributed by atoms with Crippen molar-refractivity contribution in [2.75, 3.05) is 13.1 Å². The molecular weight excluding hydrogens is 243 g/mol. The van der Waals surface area contributed by atoms with Gasteiger partial charge in [-0.1, -0.05) is 12.5 Å². The molecule has 2 aliphatic rings. The molecule has 1 unspecified atom stereocenters. The Morgan fingerprint density at radius 1 is 1.28 bits per heavy atom. The fraction of sp³-hybridized carbons (Fsp3) is 0.769. The first-order chi connectivity index (χ1) is 8.47. The third kappa shape index (κ3) is 2.32. The van der Waals surface area contributed by atoms with Gasteiger partial charge in [0.2, 0.25) is 0 Å². The second kappa shape index (κ2) is 5.03. The SMILES string of the molecule is O=C(C1=CCCCCC1)C1(C(F)(F)F)CCNC1. The first-order valence-electron chi connectivity index (χ1n) is 6.49. The number of ketones is 1. The van der Waals surface area contributed by atoms with E-state index in [4.69, 9.17) is 0 Å². The molecule has 5 heteroatoms. The van der Waals surface area contributed by atoms with E-state index in [2.05, 4.69) is 5.32 Å². The van der Waals surface area contributed by atoms with Gasteiger partial charge in [0.15, 0.2) is 5.78 Å². The van der Waals surface area contributed by atoms with Crippen molar-refractivity contribution in [1.29, 1.82) is 0 Å². The second-order valence-corrected chi connectivity index (χ2v) is 5.16. The molecule has 0 saturated carbocycles. The summed E-state index contributed by atoms with van der Waals surface area (Å²) in [6.45, 7) is -0.00873. The lowest BCUT2D eigenvalue weighted by molar-refractivity contribution is -0.212. The Bertz CT molecular complexity index is 354. The zero-order valence-electron chi connectivity index (χ0n) is 10.3. The summed E-state index contributed by atoms with van der Waals surface area (Å²) in [5.41, 5.74) is -1.78. The molecule has 1 heterocycles. The Labute approximate surface area is 105 Å². The summed E-state index contributed by atoms with van der Waals surface area (Å²) in [7, 11) is 0. The predicted octanol–water partition coefficient (Wildman–Crippen LogP) is 2.99. The van der Waals surface area contributed by atoms with Crippen molar-refractivity contribution < 1.29 is 18.0 Å². The number of halogens is 3. The van der Waals surface area contributed by atoms with E-state index in [1.165, 1.54) is 0 Å². The van der Waals surface area contributed by atoms with Crippen molar-refractivity contribution >= 4 is 5.78 Å². The van der Waals surface area contributed by atoms with Crippen LogP contribution < -0.4 is 5.32 Å². The zero-order chi connectivity index (χ0) is 13.2. The molecular formula is C13H18F3NO. The third-order valence-corrected chi connectivity index (χ3v) is 3.97. The smallest absolute Gasteiger partial charge is 0.315 e. The van der Waals surface area contributed by atoms with E-state index in [-0.39, 0.29) is 19.5 Å². The number of Topliss-reactive ketones (excluding diaryl/α,β-unsaturated/α-hetero) is 1. The molecule has 0 aromatic rings. The monoisotopic (exact) mass is 261 g/mol. The van der Waals surface area contributed by atoms with Crippen LogP contribution in [-0.2, 0) is 4.79 Å². The number of hydrogen-bond acceptors (Lipinski definition) is 2. The minimum absolute atomic E-state index is 0.132. The maximum absolute atomic E-state index is 13.2. The third-order valence-electron chi connectivity index (χ3n) is 3.97. The summed E-state index contributed by atoms with van der Waals surface area (Å²) in [6, 6.07) is 0. The molecule has 0 aromatic carbocycles. The van der Waals surface area contributed by atoms with E-state index < -0.39 is 17.4 Å². The summed E-state index contributed by atoms with van der Waals surface area (Å²) >= 11 is 0. The largest absolute Gasteiger partial charge is 0.402 e. The Kier molecular flexibility index (Phi) is 3.80. The molecule has 0 bridgehead atoms. The van der Waals surface area contributed by atoms with Crippen LogP contribution in [0, 0.1) is 5.41 Å². The number of allylic oxidation sites excluding steroid dienone is 2. The van der Waals surface area contributed by atoms with Gasteiger partial charge in [0.05, 0.1) is 0 Å². The van der Waals surface area contributed by atoms with Crippen LogP contribution in [0.3, 0.4) is 0 Å². The van der Waals surface area contributed by atoms with E-state index in [9.17, 15) is 18.0 Å². The van der Waals surface area contributed by atoms with Crippen LogP contribution in [0.4, 0.5) is 13.2 Å². The summed E-state index contributed by atoms with van der Waals surface area (Å²) < 4.78 is 39.7. The predicted molar refractivity (Wildman–Crippen MR) is 62.1 cm³/mol. The van der Waals surface area contributed by atoms with Gasteiger partial charge in [-0.3, -0.25) is 4.79 Å². The fourth-order valence-electron chi connectivity index (χ4n) is 2.78. The Balaban J connectivity index is 2.26. The highest BCUT2D eigenvalue weighted by atomic mass is 19.4. The summed E-state index contributed by atoms with van der Waals surface area (Å²) in [5, 5.41) is 2.69. The molecule has 1 aliphatic carbocycles. The lowest BCUT2D eigenvalue weighted by Crippen LogP contribution is -2.47. The second-order valence-electron chi connectivity index (χ2n) is 5.16. The summed E-state index contributed by atoms with van der Waals surface area (Å²) in [5.74, 6) is -0.693. The van der Waals surface area contributed by atoms with Gasteiger partial charge in [-0.05, 0) is 44.2 Å². The quantitative estimate of drug-likeness (QED) is 0.828. The average molecular weight is 261 g/mol. The summed E-state index contributed by atoms with van der Waals surface area (Å²) in [6.07, 6.45) is 1.13. The number of carbonyl (C=O) groups excluding carboxylic acids is 1. The van der Waals surface area contributed by atoms with Gasteiger partial charge >= 0.3 is 6.18 Å². The fourth-order valence-corrected chi connectivity index (χ4v) is 2.78. The molecule has 18 heavy (non-hydrogen) atoms. The average Bonchev–Trinajstić information content (AvgIpc) is 2.66. The van der Waals surface area contributed by atoms with E-state index in [1.54, 1.807) is 6.08 Å². The van der Waals surface area contributed by atoms with Crippen molar-refractivity contribution in [3.63, 3.8) is 0 Å². The molecule has 2 nitrogen and oxygen atoms in total. The van der Waals surface area contributed by atoms with Crippen LogP contribution >= 0.6 is 0 Å². The van der Waals surface area contributed by atoms with E-state index >= 15 is 0 Å².